The van der Waals surface area contributed by atoms with E-state index in [4.69, 9.17) is 9.47 Å². The van der Waals surface area contributed by atoms with Crippen LogP contribution in [-0.2, 0) is 22.4 Å². The van der Waals surface area contributed by atoms with Crippen molar-refractivity contribution in [2.45, 2.75) is 19.8 Å². The molecule has 172 valence electrons. The zero-order valence-electron chi connectivity index (χ0n) is 18.8. The van der Waals surface area contributed by atoms with E-state index in [0.717, 1.165) is 11.1 Å². The molecule has 1 N–H and O–H groups in total. The highest BCUT2D eigenvalue weighted by Gasteiger charge is 2.13. The molecular formula is C27H23FN2O4. The molecule has 6 nitrogen and oxygen atoms in total. The number of ketones is 1. The SMILES string of the molecule is COC(=O)c1c[nH]c(-c2cc(Oc3ccc(CC(=O)Cc4cccc(C)c4)c(F)c3)ccn2)c1. The number of aromatic nitrogens is 2. The normalized spacial score (nSPS) is 10.7. The smallest absolute Gasteiger partial charge is 0.339 e. The van der Waals surface area contributed by atoms with Gasteiger partial charge < -0.3 is 14.5 Å². The largest absolute Gasteiger partial charge is 0.465 e. The van der Waals surface area contributed by atoms with Crippen LogP contribution in [0.3, 0.4) is 0 Å². The molecule has 4 aromatic rings. The number of H-pyrrole nitrogens is 1. The number of halogens is 1. The molecule has 0 spiro atoms. The summed E-state index contributed by atoms with van der Waals surface area (Å²) >= 11 is 0. The maximum atomic E-state index is 14.7. The molecule has 0 saturated heterocycles. The zero-order valence-corrected chi connectivity index (χ0v) is 18.8. The molecule has 7 heteroatoms. The fraction of sp³-hybridized carbons (Fsp3) is 0.148. The number of hydrogen-bond acceptors (Lipinski definition) is 5. The zero-order chi connectivity index (χ0) is 24.1. The van der Waals surface area contributed by atoms with E-state index in [-0.39, 0.29) is 18.6 Å². The van der Waals surface area contributed by atoms with Crippen molar-refractivity contribution in [1.29, 1.82) is 0 Å². The number of benzene rings is 2. The second-order valence-corrected chi connectivity index (χ2v) is 7.91. The summed E-state index contributed by atoms with van der Waals surface area (Å²) in [5, 5.41) is 0. The lowest BCUT2D eigenvalue weighted by molar-refractivity contribution is -0.117. The van der Waals surface area contributed by atoms with E-state index in [2.05, 4.69) is 9.97 Å². The highest BCUT2D eigenvalue weighted by Crippen LogP contribution is 2.27. The van der Waals surface area contributed by atoms with Crippen LogP contribution in [0.4, 0.5) is 4.39 Å². The average molecular weight is 458 g/mol. The number of aryl methyl sites for hydroxylation is 1. The van der Waals surface area contributed by atoms with Crippen LogP contribution in [0.25, 0.3) is 11.4 Å². The third kappa shape index (κ3) is 5.56. The summed E-state index contributed by atoms with van der Waals surface area (Å²) in [6, 6.07) is 17.1. The molecule has 0 radical (unpaired) electrons. The van der Waals surface area contributed by atoms with Gasteiger partial charge >= 0.3 is 5.97 Å². The van der Waals surface area contributed by atoms with Crippen molar-refractivity contribution in [2.75, 3.05) is 7.11 Å². The number of hydrogen-bond donors (Lipinski definition) is 1. The number of carbonyl (C=O) groups is 2. The molecule has 0 atom stereocenters. The summed E-state index contributed by atoms with van der Waals surface area (Å²) in [4.78, 5) is 31.3. The topological polar surface area (TPSA) is 81.3 Å². The number of carbonyl (C=O) groups excluding carboxylic acids is 2. The van der Waals surface area contributed by atoms with E-state index >= 15 is 0 Å². The minimum atomic E-state index is -0.503. The first-order valence-electron chi connectivity index (χ1n) is 10.7. The summed E-state index contributed by atoms with van der Waals surface area (Å²) in [5.74, 6) is -0.276. The number of pyridine rings is 1. The first kappa shape index (κ1) is 22.9. The predicted molar refractivity (Wildman–Crippen MR) is 125 cm³/mol. The van der Waals surface area contributed by atoms with Gasteiger partial charge in [0.15, 0.2) is 0 Å². The van der Waals surface area contributed by atoms with Crippen molar-refractivity contribution in [3.63, 3.8) is 0 Å². The Bertz CT molecular complexity index is 1350. The first-order valence-corrected chi connectivity index (χ1v) is 10.7. The number of ether oxygens (including phenoxy) is 2. The van der Waals surface area contributed by atoms with Gasteiger partial charge in [-0.1, -0.05) is 35.9 Å². The van der Waals surface area contributed by atoms with E-state index in [0.29, 0.717) is 34.0 Å². The molecule has 4 rings (SSSR count). The Morgan fingerprint density at radius 3 is 2.59 bits per heavy atom. The van der Waals surface area contributed by atoms with Crippen LogP contribution >= 0.6 is 0 Å². The standard InChI is InChI=1S/C27H23FN2O4/c1-17-4-3-5-18(10-17)11-21(31)12-19-6-7-22(14-24(19)28)34-23-8-9-29-26(15-23)25-13-20(16-30-25)27(32)33-2/h3-10,13-16,30H,11-12H2,1-2H3. The van der Waals surface area contributed by atoms with Gasteiger partial charge in [-0.3, -0.25) is 9.78 Å². The number of methoxy groups -OCH3 is 1. The third-order valence-corrected chi connectivity index (χ3v) is 5.24. The molecule has 0 saturated carbocycles. The van der Waals surface area contributed by atoms with Crippen LogP contribution < -0.4 is 4.74 Å². The van der Waals surface area contributed by atoms with E-state index in [1.165, 1.54) is 19.4 Å². The summed E-state index contributed by atoms with van der Waals surface area (Å²) < 4.78 is 25.2. The van der Waals surface area contributed by atoms with E-state index in [1.807, 2.05) is 31.2 Å². The minimum Gasteiger partial charge on any atom is -0.465 e. The van der Waals surface area contributed by atoms with Crippen molar-refractivity contribution in [1.82, 2.24) is 9.97 Å². The number of aromatic amines is 1. The predicted octanol–water partition coefficient (Wildman–Crippen LogP) is 5.46. The number of nitrogens with zero attached hydrogens (tertiary/aromatic N) is 1. The van der Waals surface area contributed by atoms with Crippen LogP contribution in [0, 0.1) is 12.7 Å². The summed E-state index contributed by atoms with van der Waals surface area (Å²) in [6.07, 6.45) is 3.35. The lowest BCUT2D eigenvalue weighted by atomic mass is 10.0. The van der Waals surface area contributed by atoms with Crippen LogP contribution in [-0.4, -0.2) is 28.8 Å². The number of nitrogens with one attached hydrogen (secondary N) is 1. The van der Waals surface area contributed by atoms with Gasteiger partial charge in [0.05, 0.1) is 24.1 Å². The van der Waals surface area contributed by atoms with E-state index in [1.54, 1.807) is 36.5 Å². The molecule has 0 bridgehead atoms. The number of esters is 1. The van der Waals surface area contributed by atoms with Crippen molar-refractivity contribution >= 4 is 11.8 Å². The van der Waals surface area contributed by atoms with Gasteiger partial charge in [0.25, 0.3) is 0 Å². The Labute approximate surface area is 196 Å². The average Bonchev–Trinajstić information content (AvgIpc) is 3.31. The van der Waals surface area contributed by atoms with E-state index in [9.17, 15) is 14.0 Å². The molecule has 34 heavy (non-hydrogen) atoms. The quantitative estimate of drug-likeness (QED) is 0.355. The maximum absolute atomic E-state index is 14.7. The molecule has 2 aromatic carbocycles. The third-order valence-electron chi connectivity index (χ3n) is 5.24. The Morgan fingerprint density at radius 1 is 1.00 bits per heavy atom. The van der Waals surface area contributed by atoms with Gasteiger partial charge in [-0.2, -0.15) is 0 Å². The monoisotopic (exact) mass is 458 g/mol. The van der Waals surface area contributed by atoms with Crippen molar-refractivity contribution in [3.05, 3.63) is 101 Å². The van der Waals surface area contributed by atoms with Crippen LogP contribution in [0.1, 0.15) is 27.0 Å². The molecule has 2 aromatic heterocycles. The Hall–Kier alpha value is -4.26. The molecule has 2 heterocycles. The Kier molecular flexibility index (Phi) is 6.82. The van der Waals surface area contributed by atoms with Crippen LogP contribution in [0.5, 0.6) is 11.5 Å². The molecule has 0 aliphatic rings. The van der Waals surface area contributed by atoms with Gasteiger partial charge in [-0.05, 0) is 36.2 Å². The fourth-order valence-electron chi connectivity index (χ4n) is 3.60. The fourth-order valence-corrected chi connectivity index (χ4v) is 3.60. The van der Waals surface area contributed by atoms with Gasteiger partial charge in [-0.15, -0.1) is 0 Å². The number of rotatable bonds is 8. The van der Waals surface area contributed by atoms with Crippen LogP contribution in [0.2, 0.25) is 0 Å². The summed E-state index contributed by atoms with van der Waals surface area (Å²) in [7, 11) is 1.31. The van der Waals surface area contributed by atoms with E-state index < -0.39 is 11.8 Å². The minimum absolute atomic E-state index is 0.00874. The molecule has 0 amide bonds. The highest BCUT2D eigenvalue weighted by molar-refractivity contribution is 5.90. The highest BCUT2D eigenvalue weighted by atomic mass is 19.1. The van der Waals surface area contributed by atoms with Gasteiger partial charge in [-0.25, -0.2) is 9.18 Å². The Balaban J connectivity index is 1.43. The Morgan fingerprint density at radius 2 is 1.82 bits per heavy atom. The molecule has 0 aliphatic heterocycles. The van der Waals surface area contributed by atoms with Crippen LogP contribution in [0.15, 0.2) is 73.1 Å². The second kappa shape index (κ2) is 10.1. The lowest BCUT2D eigenvalue weighted by Gasteiger charge is -2.09. The van der Waals surface area contributed by atoms with Crippen molar-refractivity contribution < 1.29 is 23.5 Å². The summed E-state index contributed by atoms with van der Waals surface area (Å²) in [5.41, 5.74) is 3.85. The van der Waals surface area contributed by atoms with Gasteiger partial charge in [0.1, 0.15) is 23.1 Å². The molecule has 0 unspecified atom stereocenters. The van der Waals surface area contributed by atoms with Gasteiger partial charge in [0, 0.05) is 37.4 Å². The molecular weight excluding hydrogens is 435 g/mol. The first-order chi connectivity index (χ1) is 16.4. The number of Topliss-reactive ketones (excluding diaryl/α,β-unsaturated/α-hetero) is 1. The van der Waals surface area contributed by atoms with Crippen molar-refractivity contribution in [2.24, 2.45) is 0 Å². The molecule has 0 fully saturated rings. The second-order valence-electron chi connectivity index (χ2n) is 7.91. The maximum Gasteiger partial charge on any atom is 0.339 e. The summed E-state index contributed by atoms with van der Waals surface area (Å²) in [6.45, 7) is 1.97. The lowest BCUT2D eigenvalue weighted by Crippen LogP contribution is -2.08. The van der Waals surface area contributed by atoms with Crippen molar-refractivity contribution in [3.8, 4) is 22.9 Å². The van der Waals surface area contributed by atoms with Gasteiger partial charge in [0.2, 0.25) is 0 Å². The molecule has 0 aliphatic carbocycles.